The summed E-state index contributed by atoms with van der Waals surface area (Å²) in [7, 11) is 0. The zero-order valence-corrected chi connectivity index (χ0v) is 9.47. The first-order valence-corrected chi connectivity index (χ1v) is 6.17. The van der Waals surface area contributed by atoms with Crippen molar-refractivity contribution in [2.45, 2.75) is 31.6 Å². The molecular formula is C15H17N. The second-order valence-corrected chi connectivity index (χ2v) is 4.66. The molecule has 1 heterocycles. The van der Waals surface area contributed by atoms with Crippen LogP contribution >= 0.6 is 0 Å². The number of rotatable bonds is 2. The summed E-state index contributed by atoms with van der Waals surface area (Å²) in [5.41, 5.74) is 2.78. The molecule has 1 aromatic carbocycles. The van der Waals surface area contributed by atoms with Gasteiger partial charge < -0.3 is 4.57 Å². The summed E-state index contributed by atoms with van der Waals surface area (Å²) >= 11 is 0. The Morgan fingerprint density at radius 2 is 1.50 bits per heavy atom. The lowest BCUT2D eigenvalue weighted by Crippen LogP contribution is -1.94. The van der Waals surface area contributed by atoms with Crippen molar-refractivity contribution < 1.29 is 0 Å². The third-order valence-corrected chi connectivity index (χ3v) is 3.62. The Morgan fingerprint density at radius 1 is 0.875 bits per heavy atom. The van der Waals surface area contributed by atoms with Crippen molar-refractivity contribution in [3.8, 4) is 5.69 Å². The Hall–Kier alpha value is -1.50. The summed E-state index contributed by atoms with van der Waals surface area (Å²) in [4.78, 5) is 0. The van der Waals surface area contributed by atoms with E-state index in [4.69, 9.17) is 0 Å². The van der Waals surface area contributed by atoms with Crippen LogP contribution in [0.15, 0.2) is 48.8 Å². The van der Waals surface area contributed by atoms with Crippen LogP contribution in [0.25, 0.3) is 5.69 Å². The molecule has 16 heavy (non-hydrogen) atoms. The van der Waals surface area contributed by atoms with E-state index in [2.05, 4.69) is 53.4 Å². The summed E-state index contributed by atoms with van der Waals surface area (Å²) in [5, 5.41) is 0. The number of hydrogen-bond donors (Lipinski definition) is 0. The Balaban J connectivity index is 1.84. The average Bonchev–Trinajstić information content (AvgIpc) is 3.03. The minimum atomic E-state index is 0.818. The monoisotopic (exact) mass is 211 g/mol. The zero-order chi connectivity index (χ0) is 10.8. The van der Waals surface area contributed by atoms with Crippen molar-refractivity contribution in [3.63, 3.8) is 0 Å². The lowest BCUT2D eigenvalue weighted by Gasteiger charge is -2.10. The van der Waals surface area contributed by atoms with Crippen molar-refractivity contribution in [1.82, 2.24) is 4.57 Å². The molecule has 1 heteroatoms. The van der Waals surface area contributed by atoms with E-state index in [-0.39, 0.29) is 0 Å². The molecule has 1 aromatic heterocycles. The van der Waals surface area contributed by atoms with E-state index < -0.39 is 0 Å². The molecule has 0 amide bonds. The van der Waals surface area contributed by atoms with Crippen molar-refractivity contribution in [2.75, 3.05) is 0 Å². The van der Waals surface area contributed by atoms with Gasteiger partial charge in [0, 0.05) is 18.1 Å². The van der Waals surface area contributed by atoms with Gasteiger partial charge in [-0.2, -0.15) is 0 Å². The molecule has 0 atom stereocenters. The smallest absolute Gasteiger partial charge is 0.0449 e. The van der Waals surface area contributed by atoms with Gasteiger partial charge in [-0.25, -0.2) is 0 Å². The van der Waals surface area contributed by atoms with Gasteiger partial charge in [0.2, 0.25) is 0 Å². The predicted octanol–water partition coefficient (Wildman–Crippen LogP) is 4.13. The van der Waals surface area contributed by atoms with Gasteiger partial charge in [-0.3, -0.25) is 0 Å². The van der Waals surface area contributed by atoms with E-state index in [0.717, 1.165) is 5.92 Å². The molecule has 1 nitrogen and oxygen atoms in total. The minimum absolute atomic E-state index is 0.818. The highest BCUT2D eigenvalue weighted by Gasteiger charge is 2.16. The molecule has 0 radical (unpaired) electrons. The van der Waals surface area contributed by atoms with Gasteiger partial charge >= 0.3 is 0 Å². The highest BCUT2D eigenvalue weighted by atomic mass is 14.9. The molecule has 0 aliphatic heterocycles. The fraction of sp³-hybridized carbons (Fsp3) is 0.333. The molecule has 1 aliphatic carbocycles. The maximum absolute atomic E-state index is 2.30. The van der Waals surface area contributed by atoms with E-state index in [1.54, 1.807) is 0 Å². The number of aromatic nitrogens is 1. The number of hydrogen-bond acceptors (Lipinski definition) is 0. The number of benzene rings is 1. The lowest BCUT2D eigenvalue weighted by atomic mass is 9.98. The minimum Gasteiger partial charge on any atom is -0.324 e. The van der Waals surface area contributed by atoms with E-state index >= 15 is 0 Å². The topological polar surface area (TPSA) is 4.93 Å². The Kier molecular flexibility index (Phi) is 2.53. The summed E-state index contributed by atoms with van der Waals surface area (Å²) in [5.74, 6) is 0.818. The molecule has 3 rings (SSSR count). The van der Waals surface area contributed by atoms with Gasteiger partial charge in [0.15, 0.2) is 0 Å². The van der Waals surface area contributed by atoms with Crippen LogP contribution in [0.1, 0.15) is 37.2 Å². The summed E-state index contributed by atoms with van der Waals surface area (Å²) in [6.07, 6.45) is 9.74. The van der Waals surface area contributed by atoms with E-state index in [1.807, 2.05) is 0 Å². The van der Waals surface area contributed by atoms with Gasteiger partial charge in [-0.15, -0.1) is 0 Å². The first-order chi connectivity index (χ1) is 7.93. The Bertz CT molecular complexity index is 433. The van der Waals surface area contributed by atoms with Crippen LogP contribution in [0.4, 0.5) is 0 Å². The summed E-state index contributed by atoms with van der Waals surface area (Å²) in [6.45, 7) is 0. The van der Waals surface area contributed by atoms with Crippen LogP contribution in [0.3, 0.4) is 0 Å². The van der Waals surface area contributed by atoms with Crippen molar-refractivity contribution in [3.05, 3.63) is 54.4 Å². The van der Waals surface area contributed by atoms with Crippen molar-refractivity contribution in [1.29, 1.82) is 0 Å². The SMILES string of the molecule is c1ccn(-c2ccc(C3CCCC3)cc2)c1. The fourth-order valence-corrected chi connectivity index (χ4v) is 2.68. The van der Waals surface area contributed by atoms with Gasteiger partial charge in [0.05, 0.1) is 0 Å². The molecular weight excluding hydrogens is 194 g/mol. The van der Waals surface area contributed by atoms with Crippen LogP contribution in [0, 0.1) is 0 Å². The highest BCUT2D eigenvalue weighted by Crippen LogP contribution is 2.34. The van der Waals surface area contributed by atoms with Crippen LogP contribution in [-0.4, -0.2) is 4.57 Å². The van der Waals surface area contributed by atoms with Crippen molar-refractivity contribution in [2.24, 2.45) is 0 Å². The van der Waals surface area contributed by atoms with Gasteiger partial charge in [0.25, 0.3) is 0 Å². The van der Waals surface area contributed by atoms with Crippen LogP contribution in [0.5, 0.6) is 0 Å². The van der Waals surface area contributed by atoms with E-state index in [1.165, 1.54) is 36.9 Å². The third-order valence-electron chi connectivity index (χ3n) is 3.62. The zero-order valence-electron chi connectivity index (χ0n) is 9.47. The van der Waals surface area contributed by atoms with Crippen LogP contribution in [-0.2, 0) is 0 Å². The number of nitrogens with zero attached hydrogens (tertiary/aromatic N) is 1. The Labute approximate surface area is 96.7 Å². The van der Waals surface area contributed by atoms with Crippen LogP contribution < -0.4 is 0 Å². The molecule has 1 fully saturated rings. The van der Waals surface area contributed by atoms with Crippen molar-refractivity contribution >= 4 is 0 Å². The maximum atomic E-state index is 2.30. The first-order valence-electron chi connectivity index (χ1n) is 6.17. The normalized spacial score (nSPS) is 16.8. The quantitative estimate of drug-likeness (QED) is 0.703. The lowest BCUT2D eigenvalue weighted by molar-refractivity contribution is 0.723. The highest BCUT2D eigenvalue weighted by molar-refractivity contribution is 5.36. The molecule has 0 unspecified atom stereocenters. The molecule has 0 saturated heterocycles. The summed E-state index contributed by atoms with van der Waals surface area (Å²) in [6, 6.07) is 13.2. The summed E-state index contributed by atoms with van der Waals surface area (Å²) < 4.78 is 2.15. The molecule has 0 N–H and O–H groups in total. The van der Waals surface area contributed by atoms with Gasteiger partial charge in [-0.05, 0) is 48.6 Å². The molecule has 0 spiro atoms. The largest absolute Gasteiger partial charge is 0.324 e. The second-order valence-electron chi connectivity index (χ2n) is 4.66. The third kappa shape index (κ3) is 1.78. The Morgan fingerprint density at radius 3 is 2.12 bits per heavy atom. The molecule has 1 aliphatic rings. The van der Waals surface area contributed by atoms with E-state index in [0.29, 0.717) is 0 Å². The van der Waals surface area contributed by atoms with Crippen LogP contribution in [0.2, 0.25) is 0 Å². The average molecular weight is 211 g/mol. The molecule has 2 aromatic rings. The fourth-order valence-electron chi connectivity index (χ4n) is 2.68. The maximum Gasteiger partial charge on any atom is 0.0449 e. The molecule has 1 saturated carbocycles. The van der Waals surface area contributed by atoms with E-state index in [9.17, 15) is 0 Å². The van der Waals surface area contributed by atoms with Gasteiger partial charge in [-0.1, -0.05) is 25.0 Å². The second kappa shape index (κ2) is 4.17. The predicted molar refractivity (Wildman–Crippen MR) is 67.0 cm³/mol. The van der Waals surface area contributed by atoms with Gasteiger partial charge in [0.1, 0.15) is 0 Å². The first kappa shape index (κ1) is 9.71. The standard InChI is InChI=1S/C15H17N/c1-2-6-13(5-1)14-7-9-15(10-8-14)16-11-3-4-12-16/h3-4,7-13H,1-2,5-6H2. The molecule has 0 bridgehead atoms. The molecule has 82 valence electrons.